The highest BCUT2D eigenvalue weighted by Crippen LogP contribution is 2.41. The number of fused-ring (bicyclic) bond motifs is 1. The van der Waals surface area contributed by atoms with Gasteiger partial charge in [-0.3, -0.25) is 0 Å². The number of tetrazole rings is 2. The second kappa shape index (κ2) is 8.38. The third kappa shape index (κ3) is 3.74. The first-order valence-electron chi connectivity index (χ1n) is 10.0. The van der Waals surface area contributed by atoms with E-state index in [1.54, 1.807) is 0 Å². The number of H-pyrrole nitrogens is 1. The summed E-state index contributed by atoms with van der Waals surface area (Å²) in [5.41, 5.74) is 3.65. The van der Waals surface area contributed by atoms with Crippen LogP contribution in [-0.2, 0) is 13.0 Å². The molecule has 0 atom stereocenters. The standard InChI is InChI=1S/C21H19BrN8O/c1-2-3-8-18-23-28-29-30(18)12-13-9-10-17-16(11-13)19(22)20(31-17)14-6-4-5-7-15(14)21-24-26-27-25-21/h4-7,9-11H,2-3,8,12H2,1H3,(H,24,25,26,27). The maximum Gasteiger partial charge on any atom is 0.180 e. The molecule has 156 valence electrons. The number of hydrogen-bond acceptors (Lipinski definition) is 7. The number of furan rings is 1. The molecule has 0 unspecified atom stereocenters. The van der Waals surface area contributed by atoms with E-state index in [1.807, 2.05) is 41.1 Å². The van der Waals surface area contributed by atoms with Crippen LogP contribution < -0.4 is 0 Å². The second-order valence-electron chi connectivity index (χ2n) is 7.23. The molecule has 0 radical (unpaired) electrons. The molecule has 10 heteroatoms. The van der Waals surface area contributed by atoms with Gasteiger partial charge in [0.2, 0.25) is 0 Å². The van der Waals surface area contributed by atoms with Crippen molar-refractivity contribution in [2.45, 2.75) is 32.7 Å². The van der Waals surface area contributed by atoms with E-state index < -0.39 is 0 Å². The Kier molecular flexibility index (Phi) is 5.29. The van der Waals surface area contributed by atoms with Crippen LogP contribution in [0.3, 0.4) is 0 Å². The molecule has 1 N–H and O–H groups in total. The Hall–Kier alpha value is -3.40. The molecule has 0 bridgehead atoms. The summed E-state index contributed by atoms with van der Waals surface area (Å²) < 4.78 is 8.95. The summed E-state index contributed by atoms with van der Waals surface area (Å²) in [4.78, 5) is 0. The lowest BCUT2D eigenvalue weighted by Crippen LogP contribution is -2.07. The van der Waals surface area contributed by atoms with E-state index in [2.05, 4.69) is 65.1 Å². The number of aromatic nitrogens is 8. The fourth-order valence-electron chi connectivity index (χ4n) is 3.58. The fourth-order valence-corrected chi connectivity index (χ4v) is 4.18. The molecule has 31 heavy (non-hydrogen) atoms. The highest BCUT2D eigenvalue weighted by Gasteiger charge is 2.19. The van der Waals surface area contributed by atoms with E-state index in [-0.39, 0.29) is 0 Å². The van der Waals surface area contributed by atoms with Crippen LogP contribution in [0.2, 0.25) is 0 Å². The van der Waals surface area contributed by atoms with Gasteiger partial charge >= 0.3 is 0 Å². The Balaban J connectivity index is 1.52. The highest BCUT2D eigenvalue weighted by molar-refractivity contribution is 9.10. The molecule has 0 aliphatic heterocycles. The zero-order chi connectivity index (χ0) is 21.2. The Labute approximate surface area is 186 Å². The van der Waals surface area contributed by atoms with Gasteiger partial charge in [0.05, 0.1) is 11.0 Å². The maximum absolute atomic E-state index is 6.21. The minimum atomic E-state index is 0.585. The number of benzene rings is 2. The van der Waals surface area contributed by atoms with Crippen LogP contribution in [0.15, 0.2) is 51.4 Å². The summed E-state index contributed by atoms with van der Waals surface area (Å²) in [6.07, 6.45) is 3.05. The molecule has 0 saturated carbocycles. The molecule has 5 aromatic rings. The summed E-state index contributed by atoms with van der Waals surface area (Å²) in [7, 11) is 0. The number of hydrogen-bond donors (Lipinski definition) is 1. The molecule has 0 aliphatic rings. The van der Waals surface area contributed by atoms with Crippen molar-refractivity contribution in [2.75, 3.05) is 0 Å². The second-order valence-corrected chi connectivity index (χ2v) is 8.02. The van der Waals surface area contributed by atoms with Gasteiger partial charge in [-0.2, -0.15) is 0 Å². The van der Waals surface area contributed by atoms with Crippen LogP contribution in [0, 0.1) is 0 Å². The molecule has 3 heterocycles. The molecule has 0 spiro atoms. The van der Waals surface area contributed by atoms with Crippen molar-refractivity contribution < 1.29 is 4.42 Å². The highest BCUT2D eigenvalue weighted by atomic mass is 79.9. The zero-order valence-electron chi connectivity index (χ0n) is 16.8. The summed E-state index contributed by atoms with van der Waals surface area (Å²) >= 11 is 3.74. The Morgan fingerprint density at radius 2 is 1.94 bits per heavy atom. The van der Waals surface area contributed by atoms with Gasteiger partial charge in [0.1, 0.15) is 11.3 Å². The van der Waals surface area contributed by atoms with E-state index in [4.69, 9.17) is 4.42 Å². The molecule has 0 aliphatic carbocycles. The van der Waals surface area contributed by atoms with Crippen molar-refractivity contribution >= 4 is 26.9 Å². The van der Waals surface area contributed by atoms with Crippen LogP contribution in [0.25, 0.3) is 33.7 Å². The Morgan fingerprint density at radius 3 is 2.74 bits per heavy atom. The monoisotopic (exact) mass is 478 g/mol. The van der Waals surface area contributed by atoms with Gasteiger partial charge in [0.15, 0.2) is 11.6 Å². The number of halogens is 1. The van der Waals surface area contributed by atoms with Crippen molar-refractivity contribution in [2.24, 2.45) is 0 Å². The normalized spacial score (nSPS) is 11.4. The number of rotatable bonds is 7. The minimum Gasteiger partial charge on any atom is -0.455 e. The van der Waals surface area contributed by atoms with Crippen LogP contribution in [0.5, 0.6) is 0 Å². The maximum atomic E-state index is 6.21. The van der Waals surface area contributed by atoms with Crippen molar-refractivity contribution in [3.05, 3.63) is 58.3 Å². The number of aromatic amines is 1. The van der Waals surface area contributed by atoms with Crippen molar-refractivity contribution in [3.8, 4) is 22.7 Å². The van der Waals surface area contributed by atoms with Gasteiger partial charge in [-0.25, -0.2) is 9.78 Å². The quantitative estimate of drug-likeness (QED) is 0.368. The van der Waals surface area contributed by atoms with Crippen molar-refractivity contribution in [3.63, 3.8) is 0 Å². The number of aryl methyl sites for hydroxylation is 1. The van der Waals surface area contributed by atoms with Gasteiger partial charge < -0.3 is 4.42 Å². The molecular formula is C21H19BrN8O. The van der Waals surface area contributed by atoms with Crippen molar-refractivity contribution in [1.82, 2.24) is 40.8 Å². The van der Waals surface area contributed by atoms with Gasteiger partial charge in [0.25, 0.3) is 0 Å². The topological polar surface area (TPSA) is 111 Å². The molecule has 0 saturated heterocycles. The van der Waals surface area contributed by atoms with Crippen molar-refractivity contribution in [1.29, 1.82) is 0 Å². The fraction of sp³-hybridized carbons (Fsp3) is 0.238. The van der Waals surface area contributed by atoms with Crippen LogP contribution in [-0.4, -0.2) is 40.8 Å². The predicted octanol–water partition coefficient (Wildman–Crippen LogP) is 4.42. The molecule has 0 fully saturated rings. The first-order chi connectivity index (χ1) is 15.2. The minimum absolute atomic E-state index is 0.585. The molecule has 3 aromatic heterocycles. The average Bonchev–Trinajstić information content (AvgIpc) is 3.54. The number of unbranched alkanes of at least 4 members (excludes halogenated alkanes) is 1. The van der Waals surface area contributed by atoms with Crippen LogP contribution in [0.4, 0.5) is 0 Å². The van der Waals surface area contributed by atoms with E-state index >= 15 is 0 Å². The Morgan fingerprint density at radius 1 is 1.06 bits per heavy atom. The van der Waals surface area contributed by atoms with Gasteiger partial charge in [-0.05, 0) is 60.9 Å². The van der Waals surface area contributed by atoms with E-state index in [0.29, 0.717) is 12.4 Å². The summed E-state index contributed by atoms with van der Waals surface area (Å²) in [5.74, 6) is 2.22. The van der Waals surface area contributed by atoms with E-state index in [0.717, 1.165) is 63.0 Å². The number of nitrogens with one attached hydrogen (secondary N) is 1. The molecule has 2 aromatic carbocycles. The summed E-state index contributed by atoms with van der Waals surface area (Å²) in [6.45, 7) is 2.77. The first kappa shape index (κ1) is 19.6. The molecule has 5 rings (SSSR count). The van der Waals surface area contributed by atoms with Gasteiger partial charge in [0, 0.05) is 22.9 Å². The summed E-state index contributed by atoms with van der Waals surface area (Å²) in [5, 5.41) is 27.4. The third-order valence-corrected chi connectivity index (χ3v) is 5.94. The van der Waals surface area contributed by atoms with Crippen LogP contribution >= 0.6 is 15.9 Å². The molecular weight excluding hydrogens is 460 g/mol. The molecule has 0 amide bonds. The lowest BCUT2D eigenvalue weighted by Gasteiger charge is -2.05. The first-order valence-corrected chi connectivity index (χ1v) is 10.8. The lowest BCUT2D eigenvalue weighted by molar-refractivity contribution is 0.604. The van der Waals surface area contributed by atoms with E-state index in [9.17, 15) is 0 Å². The smallest absolute Gasteiger partial charge is 0.180 e. The average molecular weight is 479 g/mol. The zero-order valence-corrected chi connectivity index (χ0v) is 18.4. The number of nitrogens with zero attached hydrogens (tertiary/aromatic N) is 7. The largest absolute Gasteiger partial charge is 0.455 e. The van der Waals surface area contributed by atoms with Gasteiger partial charge in [-0.15, -0.1) is 10.2 Å². The van der Waals surface area contributed by atoms with Gasteiger partial charge in [-0.1, -0.05) is 43.7 Å². The predicted molar refractivity (Wildman–Crippen MR) is 118 cm³/mol. The third-order valence-electron chi connectivity index (χ3n) is 5.16. The molecule has 9 nitrogen and oxygen atoms in total. The van der Waals surface area contributed by atoms with Crippen LogP contribution in [0.1, 0.15) is 31.2 Å². The Bertz CT molecular complexity index is 1320. The van der Waals surface area contributed by atoms with E-state index in [1.165, 1.54) is 0 Å². The lowest BCUT2D eigenvalue weighted by atomic mass is 10.0. The summed E-state index contributed by atoms with van der Waals surface area (Å²) in [6, 6.07) is 14.0. The SMILES string of the molecule is CCCCc1nnnn1Cc1ccc2oc(-c3ccccc3-c3nnn[nH]3)c(Br)c2c1.